The van der Waals surface area contributed by atoms with Crippen LogP contribution in [0.3, 0.4) is 0 Å². The van der Waals surface area contributed by atoms with E-state index < -0.39 is 46.7 Å². The quantitative estimate of drug-likeness (QED) is 0.209. The Hall–Kier alpha value is -4.61. The molecule has 0 heterocycles. The number of non-ortho nitro benzene ring substituents is 2. The van der Waals surface area contributed by atoms with Gasteiger partial charge in [-0.1, -0.05) is 0 Å². The SMILES string of the molecule is O.O.O.O.O.O.O=C([O-])CNC(=O)c1ccc([N+](=O)[O-])cc1.O=C([O-])CNC(=O)c1ccc([N+](=O)[O-])cc1.[Co+2]. The summed E-state index contributed by atoms with van der Waals surface area (Å²) < 4.78 is 0. The van der Waals surface area contributed by atoms with Crippen molar-refractivity contribution in [2.75, 3.05) is 13.1 Å². The van der Waals surface area contributed by atoms with Crippen LogP contribution in [0.4, 0.5) is 11.4 Å². The van der Waals surface area contributed by atoms with Crippen LogP contribution in [0.15, 0.2) is 48.5 Å². The van der Waals surface area contributed by atoms with Gasteiger partial charge >= 0.3 is 16.8 Å². The molecule has 20 nitrogen and oxygen atoms in total. The molecule has 2 aromatic carbocycles. The first-order chi connectivity index (χ1) is 15.0. The molecule has 0 aliphatic carbocycles. The molecule has 2 aromatic rings. The Morgan fingerprint density at radius 2 is 0.795 bits per heavy atom. The molecule has 223 valence electrons. The number of nitro benzene ring substituents is 2. The number of hydrogen-bond donors (Lipinski definition) is 2. The smallest absolute Gasteiger partial charge is 0.548 e. The summed E-state index contributed by atoms with van der Waals surface area (Å²) in [5, 5.41) is 44.9. The van der Waals surface area contributed by atoms with Gasteiger partial charge in [0.15, 0.2) is 0 Å². The van der Waals surface area contributed by atoms with Crippen molar-refractivity contribution >= 4 is 35.1 Å². The molecule has 39 heavy (non-hydrogen) atoms. The summed E-state index contributed by atoms with van der Waals surface area (Å²) >= 11 is 0. The topological polar surface area (TPSA) is 414 Å². The Balaban J connectivity index is -0.0000000890. The first-order valence-corrected chi connectivity index (χ1v) is 8.46. The second kappa shape index (κ2) is 25.1. The zero-order valence-corrected chi connectivity index (χ0v) is 20.4. The molecule has 0 atom stereocenters. The fourth-order valence-electron chi connectivity index (χ4n) is 1.98. The summed E-state index contributed by atoms with van der Waals surface area (Å²) in [7, 11) is 0. The maximum absolute atomic E-state index is 11.3. The molecule has 0 unspecified atom stereocenters. The number of nitrogens with one attached hydrogen (secondary N) is 2. The van der Waals surface area contributed by atoms with Crippen LogP contribution in [0.25, 0.3) is 0 Å². The predicted molar refractivity (Wildman–Crippen MR) is 123 cm³/mol. The minimum absolute atomic E-state index is 0. The van der Waals surface area contributed by atoms with E-state index in [1.165, 1.54) is 24.3 Å². The van der Waals surface area contributed by atoms with Gasteiger partial charge in [0, 0.05) is 35.4 Å². The number of carboxylic acid groups (broad SMARTS) is 2. The monoisotopic (exact) mass is 613 g/mol. The fourth-order valence-corrected chi connectivity index (χ4v) is 1.98. The second-order valence-corrected chi connectivity index (χ2v) is 5.72. The third-order valence-electron chi connectivity index (χ3n) is 3.47. The van der Waals surface area contributed by atoms with Crippen LogP contribution >= 0.6 is 0 Å². The van der Waals surface area contributed by atoms with E-state index >= 15 is 0 Å². The number of rotatable bonds is 8. The van der Waals surface area contributed by atoms with Gasteiger partial charge in [0.05, 0.1) is 34.9 Å². The minimum Gasteiger partial charge on any atom is -0.548 e. The Morgan fingerprint density at radius 3 is 0.974 bits per heavy atom. The Bertz CT molecular complexity index is 951. The molecule has 1 radical (unpaired) electrons. The molecule has 2 rings (SSSR count). The van der Waals surface area contributed by atoms with Crippen molar-refractivity contribution in [3.05, 3.63) is 79.9 Å². The number of aliphatic carboxylic acids is 2. The second-order valence-electron chi connectivity index (χ2n) is 5.72. The predicted octanol–water partition coefficient (Wildman–Crippen LogP) is -6.80. The maximum Gasteiger partial charge on any atom is 2.00 e. The molecule has 2 amide bonds. The van der Waals surface area contributed by atoms with Crippen molar-refractivity contribution in [3.8, 4) is 0 Å². The number of amides is 2. The van der Waals surface area contributed by atoms with Crippen LogP contribution < -0.4 is 20.8 Å². The van der Waals surface area contributed by atoms with Gasteiger partial charge < -0.3 is 63.3 Å². The van der Waals surface area contributed by atoms with Gasteiger partial charge in [-0.2, -0.15) is 0 Å². The Labute approximate surface area is 228 Å². The number of hydrogen-bond acceptors (Lipinski definition) is 10. The van der Waals surface area contributed by atoms with Crippen LogP contribution in [-0.2, 0) is 26.4 Å². The van der Waals surface area contributed by atoms with Crippen LogP contribution in [0, 0.1) is 20.2 Å². The number of carbonyl (C=O) groups is 4. The molecular weight excluding hydrogens is 587 g/mol. The first kappa shape index (κ1) is 51.1. The van der Waals surface area contributed by atoms with Crippen molar-refractivity contribution in [2.24, 2.45) is 0 Å². The molecule has 0 aliphatic heterocycles. The van der Waals surface area contributed by atoms with Crippen LogP contribution in [0.1, 0.15) is 20.7 Å². The van der Waals surface area contributed by atoms with Crippen molar-refractivity contribution < 1.29 is 88.9 Å². The summed E-state index contributed by atoms with van der Waals surface area (Å²) in [6, 6.07) is 9.60. The van der Waals surface area contributed by atoms with Gasteiger partial charge in [-0.25, -0.2) is 0 Å². The molecule has 14 N–H and O–H groups in total. The normalized spacial score (nSPS) is 7.79. The zero-order chi connectivity index (χ0) is 24.3. The van der Waals surface area contributed by atoms with E-state index in [1.807, 2.05) is 0 Å². The Kier molecular flexibility index (Phi) is 32.8. The fraction of sp³-hybridized carbons (Fsp3) is 0.111. The minimum atomic E-state index is -1.41. The van der Waals surface area contributed by atoms with Crippen LogP contribution in [-0.4, -0.2) is 79.5 Å². The number of benzene rings is 2. The van der Waals surface area contributed by atoms with E-state index in [4.69, 9.17) is 0 Å². The molecule has 0 saturated carbocycles. The van der Waals surface area contributed by atoms with Gasteiger partial charge in [0.25, 0.3) is 23.2 Å². The number of carboxylic acids is 2. The molecule has 0 spiro atoms. The zero-order valence-electron chi connectivity index (χ0n) is 19.3. The summed E-state index contributed by atoms with van der Waals surface area (Å²) in [4.78, 5) is 62.1. The van der Waals surface area contributed by atoms with Gasteiger partial charge in [0.1, 0.15) is 0 Å². The van der Waals surface area contributed by atoms with E-state index in [0.29, 0.717) is 0 Å². The summed E-state index contributed by atoms with van der Waals surface area (Å²) in [6.07, 6.45) is 0. The Morgan fingerprint density at radius 1 is 0.564 bits per heavy atom. The number of carbonyl (C=O) groups excluding carboxylic acids is 4. The maximum atomic E-state index is 11.3. The third kappa shape index (κ3) is 19.2. The average Bonchev–Trinajstić information content (AvgIpc) is 2.76. The van der Waals surface area contributed by atoms with Crippen LogP contribution in [0.2, 0.25) is 0 Å². The molecule has 21 heteroatoms. The molecule has 0 fully saturated rings. The van der Waals surface area contributed by atoms with E-state index in [-0.39, 0.29) is 72.1 Å². The van der Waals surface area contributed by atoms with Gasteiger partial charge in [-0.3, -0.25) is 29.8 Å². The standard InChI is InChI=1S/2C9H8N2O5.Co.6H2O/c2*12-8(13)5-10-9(14)6-1-3-7(4-2-6)11(15)16;;;;;;;/h2*1-4H,5H2,(H,10,14)(H,12,13);;6*1H2/q;;+2;;;;;;/p-2. The van der Waals surface area contributed by atoms with E-state index in [0.717, 1.165) is 24.3 Å². The van der Waals surface area contributed by atoms with Crippen molar-refractivity contribution in [1.82, 2.24) is 10.6 Å². The molecule has 0 aliphatic rings. The molecular formula is C18H26CoN4O16. The van der Waals surface area contributed by atoms with Gasteiger partial charge in [-0.15, -0.1) is 0 Å². The average molecular weight is 613 g/mol. The first-order valence-electron chi connectivity index (χ1n) is 8.46. The van der Waals surface area contributed by atoms with Gasteiger partial charge in [0.2, 0.25) is 0 Å². The molecule has 0 bridgehead atoms. The van der Waals surface area contributed by atoms with E-state index in [9.17, 15) is 49.6 Å². The summed E-state index contributed by atoms with van der Waals surface area (Å²) in [5.41, 5.74) is 0.00611. The van der Waals surface area contributed by atoms with Gasteiger partial charge in [-0.05, 0) is 24.3 Å². The van der Waals surface area contributed by atoms with Crippen molar-refractivity contribution in [2.45, 2.75) is 0 Å². The van der Waals surface area contributed by atoms with Crippen molar-refractivity contribution in [1.29, 1.82) is 0 Å². The summed E-state index contributed by atoms with van der Waals surface area (Å²) in [6.45, 7) is -1.20. The largest absolute Gasteiger partial charge is 2.00 e. The summed E-state index contributed by atoms with van der Waals surface area (Å²) in [5.74, 6) is -4.07. The molecule has 0 aromatic heterocycles. The number of nitro groups is 2. The number of nitrogens with zero attached hydrogens (tertiary/aromatic N) is 2. The van der Waals surface area contributed by atoms with E-state index in [2.05, 4.69) is 10.6 Å². The third-order valence-corrected chi connectivity index (χ3v) is 3.47. The molecule has 0 saturated heterocycles. The van der Waals surface area contributed by atoms with Crippen LogP contribution in [0.5, 0.6) is 0 Å². The van der Waals surface area contributed by atoms with E-state index in [1.54, 1.807) is 0 Å². The van der Waals surface area contributed by atoms with Crippen molar-refractivity contribution in [3.63, 3.8) is 0 Å².